The van der Waals surface area contributed by atoms with Crippen LogP contribution in [0.1, 0.15) is 44.7 Å². The molecule has 0 heterocycles. The highest BCUT2D eigenvalue weighted by Crippen LogP contribution is 2.27. The highest BCUT2D eigenvalue weighted by molar-refractivity contribution is 5.86. The molecule has 1 heteroatoms. The molecule has 0 saturated heterocycles. The summed E-state index contributed by atoms with van der Waals surface area (Å²) >= 11 is 0. The first-order chi connectivity index (χ1) is 8.86. The van der Waals surface area contributed by atoms with Crippen LogP contribution in [0.25, 0.3) is 10.8 Å². The fraction of sp³-hybridized carbons (Fsp3) is 0.412. The minimum Gasteiger partial charge on any atom is -0.310 e. The summed E-state index contributed by atoms with van der Waals surface area (Å²) < 4.78 is 0. The molecule has 0 saturated carbocycles. The largest absolute Gasteiger partial charge is 0.310 e. The van der Waals surface area contributed by atoms with E-state index in [1.807, 2.05) is 0 Å². The van der Waals surface area contributed by atoms with E-state index in [4.69, 9.17) is 0 Å². The predicted molar refractivity (Wildman–Crippen MR) is 79.9 cm³/mol. The second kappa shape index (κ2) is 6.55. The van der Waals surface area contributed by atoms with Crippen LogP contribution in [0.4, 0.5) is 0 Å². The van der Waals surface area contributed by atoms with Crippen molar-refractivity contribution in [2.45, 2.75) is 39.2 Å². The van der Waals surface area contributed by atoms with E-state index in [1.54, 1.807) is 0 Å². The molecule has 0 amide bonds. The van der Waals surface area contributed by atoms with Gasteiger partial charge in [0.2, 0.25) is 0 Å². The summed E-state index contributed by atoms with van der Waals surface area (Å²) in [6, 6.07) is 15.8. The SMILES string of the molecule is CCCNC(CCC)c1cccc2ccccc12. The number of hydrogen-bond donors (Lipinski definition) is 1. The highest BCUT2D eigenvalue weighted by Gasteiger charge is 2.12. The maximum atomic E-state index is 3.68. The van der Waals surface area contributed by atoms with Gasteiger partial charge in [-0.25, -0.2) is 0 Å². The second-order valence-electron chi connectivity index (χ2n) is 4.86. The molecule has 0 aliphatic heterocycles. The van der Waals surface area contributed by atoms with Crippen molar-refractivity contribution >= 4 is 10.8 Å². The van der Waals surface area contributed by atoms with Gasteiger partial charge in [-0.3, -0.25) is 0 Å². The van der Waals surface area contributed by atoms with Crippen LogP contribution in [0.15, 0.2) is 42.5 Å². The van der Waals surface area contributed by atoms with Crippen molar-refractivity contribution in [1.82, 2.24) is 5.32 Å². The molecule has 0 spiro atoms. The normalized spacial score (nSPS) is 12.8. The Labute approximate surface area is 110 Å². The van der Waals surface area contributed by atoms with Crippen LogP contribution >= 0.6 is 0 Å². The molecule has 0 aromatic heterocycles. The van der Waals surface area contributed by atoms with Crippen LogP contribution in [-0.2, 0) is 0 Å². The molecule has 0 fully saturated rings. The molecule has 0 aliphatic carbocycles. The van der Waals surface area contributed by atoms with Gasteiger partial charge in [0.1, 0.15) is 0 Å². The van der Waals surface area contributed by atoms with Crippen molar-refractivity contribution < 1.29 is 0 Å². The summed E-state index contributed by atoms with van der Waals surface area (Å²) in [5.74, 6) is 0. The van der Waals surface area contributed by atoms with Crippen LogP contribution in [-0.4, -0.2) is 6.54 Å². The predicted octanol–water partition coefficient (Wildman–Crippen LogP) is 4.68. The lowest BCUT2D eigenvalue weighted by atomic mass is 9.96. The fourth-order valence-corrected chi connectivity index (χ4v) is 2.53. The molecular formula is C17H23N. The minimum atomic E-state index is 0.487. The molecule has 1 atom stereocenters. The lowest BCUT2D eigenvalue weighted by molar-refractivity contribution is 0.497. The first-order valence-electron chi connectivity index (χ1n) is 7.07. The molecule has 2 aromatic rings. The van der Waals surface area contributed by atoms with E-state index < -0.39 is 0 Å². The Balaban J connectivity index is 2.36. The van der Waals surface area contributed by atoms with Crippen LogP contribution in [0.5, 0.6) is 0 Å². The molecular weight excluding hydrogens is 218 g/mol. The summed E-state index contributed by atoms with van der Waals surface area (Å²) in [6.07, 6.45) is 3.60. The van der Waals surface area contributed by atoms with Gasteiger partial charge in [-0.2, -0.15) is 0 Å². The minimum absolute atomic E-state index is 0.487. The highest BCUT2D eigenvalue weighted by atomic mass is 14.9. The Morgan fingerprint density at radius 2 is 1.72 bits per heavy atom. The van der Waals surface area contributed by atoms with Crippen molar-refractivity contribution in [3.05, 3.63) is 48.0 Å². The van der Waals surface area contributed by atoms with Crippen molar-refractivity contribution in [2.75, 3.05) is 6.54 Å². The van der Waals surface area contributed by atoms with Gasteiger partial charge < -0.3 is 5.32 Å². The molecule has 0 bridgehead atoms. The van der Waals surface area contributed by atoms with Gasteiger partial charge in [0, 0.05) is 6.04 Å². The third-order valence-electron chi connectivity index (χ3n) is 3.42. The van der Waals surface area contributed by atoms with Crippen LogP contribution in [0.2, 0.25) is 0 Å². The Morgan fingerprint density at radius 3 is 2.50 bits per heavy atom. The molecule has 96 valence electrons. The average Bonchev–Trinajstić information content (AvgIpc) is 2.43. The number of nitrogens with one attached hydrogen (secondary N) is 1. The van der Waals surface area contributed by atoms with Gasteiger partial charge in [-0.15, -0.1) is 0 Å². The zero-order valence-corrected chi connectivity index (χ0v) is 11.4. The Bertz CT molecular complexity index is 484. The van der Waals surface area contributed by atoms with Crippen molar-refractivity contribution in [2.24, 2.45) is 0 Å². The molecule has 2 aromatic carbocycles. The zero-order chi connectivity index (χ0) is 12.8. The van der Waals surface area contributed by atoms with E-state index in [-0.39, 0.29) is 0 Å². The second-order valence-corrected chi connectivity index (χ2v) is 4.86. The van der Waals surface area contributed by atoms with Crippen molar-refractivity contribution in [3.63, 3.8) is 0 Å². The van der Waals surface area contributed by atoms with E-state index in [1.165, 1.54) is 35.6 Å². The number of fused-ring (bicyclic) bond motifs is 1. The maximum absolute atomic E-state index is 3.68. The first kappa shape index (κ1) is 13.1. The van der Waals surface area contributed by atoms with E-state index in [9.17, 15) is 0 Å². The van der Waals surface area contributed by atoms with E-state index in [0.29, 0.717) is 6.04 Å². The van der Waals surface area contributed by atoms with Crippen LogP contribution < -0.4 is 5.32 Å². The lowest BCUT2D eigenvalue weighted by Crippen LogP contribution is -2.22. The summed E-state index contributed by atoms with van der Waals surface area (Å²) in [7, 11) is 0. The van der Waals surface area contributed by atoms with Gasteiger partial charge in [0.15, 0.2) is 0 Å². The summed E-state index contributed by atoms with van der Waals surface area (Å²) in [4.78, 5) is 0. The van der Waals surface area contributed by atoms with Crippen LogP contribution in [0.3, 0.4) is 0 Å². The third-order valence-corrected chi connectivity index (χ3v) is 3.42. The van der Waals surface area contributed by atoms with E-state index in [0.717, 1.165) is 6.54 Å². The Morgan fingerprint density at radius 1 is 0.944 bits per heavy atom. The van der Waals surface area contributed by atoms with Crippen molar-refractivity contribution in [3.8, 4) is 0 Å². The van der Waals surface area contributed by atoms with E-state index in [2.05, 4.69) is 61.6 Å². The zero-order valence-electron chi connectivity index (χ0n) is 11.4. The van der Waals surface area contributed by atoms with Crippen LogP contribution in [0, 0.1) is 0 Å². The monoisotopic (exact) mass is 241 g/mol. The Kier molecular flexibility index (Phi) is 4.77. The smallest absolute Gasteiger partial charge is 0.0326 e. The lowest BCUT2D eigenvalue weighted by Gasteiger charge is -2.20. The fourth-order valence-electron chi connectivity index (χ4n) is 2.53. The standard InChI is InChI=1S/C17H23N/c1-3-8-17(18-13-4-2)16-12-7-10-14-9-5-6-11-15(14)16/h5-7,9-12,17-18H,3-4,8,13H2,1-2H3. The van der Waals surface area contributed by atoms with Gasteiger partial charge >= 0.3 is 0 Å². The summed E-state index contributed by atoms with van der Waals surface area (Å²) in [6.45, 7) is 5.57. The van der Waals surface area contributed by atoms with Gasteiger partial charge in [0.25, 0.3) is 0 Å². The third kappa shape index (κ3) is 2.91. The topological polar surface area (TPSA) is 12.0 Å². The summed E-state index contributed by atoms with van der Waals surface area (Å²) in [5.41, 5.74) is 1.45. The Hall–Kier alpha value is -1.34. The number of hydrogen-bond acceptors (Lipinski definition) is 1. The maximum Gasteiger partial charge on any atom is 0.0326 e. The van der Waals surface area contributed by atoms with Gasteiger partial charge in [0.05, 0.1) is 0 Å². The molecule has 18 heavy (non-hydrogen) atoms. The molecule has 0 aliphatic rings. The van der Waals surface area contributed by atoms with Gasteiger partial charge in [-0.1, -0.05) is 62.7 Å². The number of benzene rings is 2. The number of rotatable bonds is 6. The molecule has 1 nitrogen and oxygen atoms in total. The first-order valence-corrected chi connectivity index (χ1v) is 7.07. The average molecular weight is 241 g/mol. The molecule has 0 radical (unpaired) electrons. The quantitative estimate of drug-likeness (QED) is 0.774. The summed E-state index contributed by atoms with van der Waals surface area (Å²) in [5, 5.41) is 6.41. The van der Waals surface area contributed by atoms with Gasteiger partial charge in [-0.05, 0) is 35.7 Å². The van der Waals surface area contributed by atoms with E-state index >= 15 is 0 Å². The molecule has 1 unspecified atom stereocenters. The van der Waals surface area contributed by atoms with Crippen molar-refractivity contribution in [1.29, 1.82) is 0 Å². The molecule has 2 rings (SSSR count). The molecule has 1 N–H and O–H groups in total.